The van der Waals surface area contributed by atoms with E-state index in [0.29, 0.717) is 5.69 Å². The second kappa shape index (κ2) is 6.49. The van der Waals surface area contributed by atoms with Gasteiger partial charge in [-0.1, -0.05) is 30.3 Å². The van der Waals surface area contributed by atoms with Gasteiger partial charge in [0.25, 0.3) is 0 Å². The number of benzene rings is 2. The lowest BCUT2D eigenvalue weighted by molar-refractivity contribution is -0.113. The van der Waals surface area contributed by atoms with Gasteiger partial charge in [-0.2, -0.15) is 0 Å². The molecule has 4 nitrogen and oxygen atoms in total. The van der Waals surface area contributed by atoms with Crippen LogP contribution >= 0.6 is 11.8 Å². The minimum Gasteiger partial charge on any atom is -0.506 e. The fraction of sp³-hybridized carbons (Fsp3) is 0.0588. The van der Waals surface area contributed by atoms with Crippen molar-refractivity contribution in [1.82, 2.24) is 4.98 Å². The fourth-order valence-electron chi connectivity index (χ4n) is 2.10. The summed E-state index contributed by atoms with van der Waals surface area (Å²) < 4.78 is 0. The summed E-state index contributed by atoms with van der Waals surface area (Å²) in [5.74, 6) is 0.149. The number of phenols is 1. The van der Waals surface area contributed by atoms with E-state index in [0.717, 1.165) is 15.8 Å². The third kappa shape index (κ3) is 3.20. The van der Waals surface area contributed by atoms with Crippen LogP contribution in [-0.2, 0) is 4.79 Å². The van der Waals surface area contributed by atoms with Gasteiger partial charge in [0.2, 0.25) is 5.91 Å². The van der Waals surface area contributed by atoms with Crippen LogP contribution in [0.1, 0.15) is 0 Å². The van der Waals surface area contributed by atoms with E-state index in [-0.39, 0.29) is 17.4 Å². The Morgan fingerprint density at radius 3 is 2.77 bits per heavy atom. The number of phenolic OH excluding ortho intramolecular Hbond substituents is 1. The molecule has 3 rings (SSSR count). The number of hydrogen-bond donors (Lipinski definition) is 2. The van der Waals surface area contributed by atoms with Crippen LogP contribution in [0.15, 0.2) is 65.7 Å². The molecule has 1 aromatic heterocycles. The van der Waals surface area contributed by atoms with Crippen molar-refractivity contribution in [2.45, 2.75) is 4.90 Å². The molecule has 1 heterocycles. The number of anilines is 1. The summed E-state index contributed by atoms with van der Waals surface area (Å²) in [6.07, 6.45) is 1.74. The number of nitrogens with zero attached hydrogens (tertiary/aromatic N) is 1. The molecule has 0 spiro atoms. The Morgan fingerprint density at radius 2 is 1.91 bits per heavy atom. The Labute approximate surface area is 132 Å². The second-order valence-corrected chi connectivity index (χ2v) is 5.70. The minimum absolute atomic E-state index is 0.0627. The van der Waals surface area contributed by atoms with E-state index in [4.69, 9.17) is 0 Å². The van der Waals surface area contributed by atoms with Crippen LogP contribution in [0.2, 0.25) is 0 Å². The van der Waals surface area contributed by atoms with Crippen LogP contribution in [0, 0.1) is 0 Å². The van der Waals surface area contributed by atoms with Crippen LogP contribution in [0.5, 0.6) is 5.75 Å². The Morgan fingerprint density at radius 1 is 1.09 bits per heavy atom. The van der Waals surface area contributed by atoms with Crippen molar-refractivity contribution in [1.29, 1.82) is 0 Å². The molecule has 0 unspecified atom stereocenters. The summed E-state index contributed by atoms with van der Waals surface area (Å²) in [7, 11) is 0. The number of fused-ring (bicyclic) bond motifs is 1. The van der Waals surface area contributed by atoms with Gasteiger partial charge >= 0.3 is 0 Å². The number of carbonyl (C=O) groups excluding carboxylic acids is 1. The molecule has 22 heavy (non-hydrogen) atoms. The van der Waals surface area contributed by atoms with Gasteiger partial charge in [0.05, 0.1) is 17.0 Å². The van der Waals surface area contributed by atoms with Gasteiger partial charge in [-0.15, -0.1) is 11.8 Å². The SMILES string of the molecule is O=C(CSc1cccc2cccnc12)Nc1ccccc1O. The highest BCUT2D eigenvalue weighted by Crippen LogP contribution is 2.27. The fourth-order valence-corrected chi connectivity index (χ4v) is 2.94. The first kappa shape index (κ1) is 14.4. The lowest BCUT2D eigenvalue weighted by atomic mass is 10.2. The van der Waals surface area contributed by atoms with E-state index >= 15 is 0 Å². The molecule has 5 heteroatoms. The lowest BCUT2D eigenvalue weighted by Crippen LogP contribution is -2.14. The lowest BCUT2D eigenvalue weighted by Gasteiger charge is -2.08. The zero-order valence-corrected chi connectivity index (χ0v) is 12.5. The maximum atomic E-state index is 12.0. The van der Waals surface area contributed by atoms with Crippen molar-refractivity contribution in [3.63, 3.8) is 0 Å². The first-order chi connectivity index (χ1) is 10.7. The molecule has 0 fully saturated rings. The zero-order valence-electron chi connectivity index (χ0n) is 11.7. The van der Waals surface area contributed by atoms with Crippen molar-refractivity contribution >= 4 is 34.3 Å². The molecule has 0 saturated carbocycles. The maximum Gasteiger partial charge on any atom is 0.234 e. The summed E-state index contributed by atoms with van der Waals surface area (Å²) in [6, 6.07) is 16.5. The smallest absolute Gasteiger partial charge is 0.234 e. The third-order valence-corrected chi connectivity index (χ3v) is 4.18. The number of nitrogens with one attached hydrogen (secondary N) is 1. The van der Waals surface area contributed by atoms with E-state index in [1.165, 1.54) is 17.8 Å². The Kier molecular flexibility index (Phi) is 4.25. The number of hydrogen-bond acceptors (Lipinski definition) is 4. The minimum atomic E-state index is -0.167. The molecule has 0 saturated heterocycles. The summed E-state index contributed by atoms with van der Waals surface area (Å²) in [5.41, 5.74) is 1.31. The van der Waals surface area contributed by atoms with E-state index in [2.05, 4.69) is 10.3 Å². The number of para-hydroxylation sites is 3. The molecule has 1 amide bonds. The summed E-state index contributed by atoms with van der Waals surface area (Å²) in [5, 5.41) is 13.4. The van der Waals surface area contributed by atoms with Gasteiger partial charge in [-0.25, -0.2) is 0 Å². The summed E-state index contributed by atoms with van der Waals surface area (Å²) in [4.78, 5) is 17.3. The van der Waals surface area contributed by atoms with Crippen LogP contribution in [0.25, 0.3) is 10.9 Å². The van der Waals surface area contributed by atoms with Crippen molar-refractivity contribution in [3.8, 4) is 5.75 Å². The van der Waals surface area contributed by atoms with Gasteiger partial charge in [0.15, 0.2) is 0 Å². The van der Waals surface area contributed by atoms with Gasteiger partial charge in [-0.3, -0.25) is 9.78 Å². The van der Waals surface area contributed by atoms with E-state index in [1.54, 1.807) is 24.4 Å². The topological polar surface area (TPSA) is 62.2 Å². The maximum absolute atomic E-state index is 12.0. The van der Waals surface area contributed by atoms with Gasteiger partial charge < -0.3 is 10.4 Å². The number of aromatic hydroxyl groups is 1. The molecule has 3 aromatic rings. The molecule has 0 radical (unpaired) electrons. The van der Waals surface area contributed by atoms with Crippen LogP contribution < -0.4 is 5.32 Å². The van der Waals surface area contributed by atoms with Gasteiger partial charge in [0.1, 0.15) is 5.75 Å². The van der Waals surface area contributed by atoms with Crippen LogP contribution in [0.4, 0.5) is 5.69 Å². The Balaban J connectivity index is 1.69. The number of pyridine rings is 1. The third-order valence-electron chi connectivity index (χ3n) is 3.13. The second-order valence-electron chi connectivity index (χ2n) is 4.69. The molecule has 2 N–H and O–H groups in total. The Hall–Kier alpha value is -2.53. The van der Waals surface area contributed by atoms with E-state index in [1.807, 2.05) is 30.3 Å². The van der Waals surface area contributed by atoms with Crippen molar-refractivity contribution in [2.75, 3.05) is 11.1 Å². The molecule has 0 aliphatic heterocycles. The number of aromatic nitrogens is 1. The van der Waals surface area contributed by atoms with E-state index < -0.39 is 0 Å². The van der Waals surface area contributed by atoms with Crippen LogP contribution in [0.3, 0.4) is 0 Å². The van der Waals surface area contributed by atoms with Crippen LogP contribution in [-0.4, -0.2) is 21.8 Å². The quantitative estimate of drug-likeness (QED) is 0.570. The molecule has 0 aliphatic rings. The molecule has 110 valence electrons. The molecule has 2 aromatic carbocycles. The monoisotopic (exact) mass is 310 g/mol. The average molecular weight is 310 g/mol. The number of rotatable bonds is 4. The number of thioether (sulfide) groups is 1. The first-order valence-electron chi connectivity index (χ1n) is 6.78. The highest BCUT2D eigenvalue weighted by Gasteiger charge is 2.08. The van der Waals surface area contributed by atoms with Gasteiger partial charge in [0, 0.05) is 16.5 Å². The average Bonchev–Trinajstić information content (AvgIpc) is 2.55. The first-order valence-corrected chi connectivity index (χ1v) is 7.77. The highest BCUT2D eigenvalue weighted by molar-refractivity contribution is 8.00. The standard InChI is InChI=1S/C17H14N2O2S/c20-14-8-2-1-7-13(14)19-16(21)11-22-15-9-3-5-12-6-4-10-18-17(12)15/h1-10,20H,11H2,(H,19,21). The predicted molar refractivity (Wildman–Crippen MR) is 89.2 cm³/mol. The predicted octanol–water partition coefficient (Wildman–Crippen LogP) is 3.67. The number of amides is 1. The van der Waals surface area contributed by atoms with Crippen molar-refractivity contribution < 1.29 is 9.90 Å². The van der Waals surface area contributed by atoms with Gasteiger partial charge in [-0.05, 0) is 24.3 Å². The number of carbonyl (C=O) groups is 1. The molecular weight excluding hydrogens is 296 g/mol. The normalized spacial score (nSPS) is 10.5. The summed E-state index contributed by atoms with van der Waals surface area (Å²) in [6.45, 7) is 0. The Bertz CT molecular complexity index is 815. The summed E-state index contributed by atoms with van der Waals surface area (Å²) >= 11 is 1.43. The molecular formula is C17H14N2O2S. The molecule has 0 aliphatic carbocycles. The zero-order chi connectivity index (χ0) is 15.4. The largest absolute Gasteiger partial charge is 0.506 e. The van der Waals surface area contributed by atoms with Crippen molar-refractivity contribution in [2.24, 2.45) is 0 Å². The highest BCUT2D eigenvalue weighted by atomic mass is 32.2. The molecule has 0 bridgehead atoms. The van der Waals surface area contributed by atoms with E-state index in [9.17, 15) is 9.90 Å². The van der Waals surface area contributed by atoms with Crippen molar-refractivity contribution in [3.05, 3.63) is 60.8 Å². The molecule has 0 atom stereocenters.